The van der Waals surface area contributed by atoms with E-state index in [0.29, 0.717) is 0 Å². The fraction of sp³-hybridized carbons (Fsp3) is 0.333. The van der Waals surface area contributed by atoms with Crippen LogP contribution in [0.25, 0.3) is 11.0 Å². The standard InChI is InChI=1S/C21H27N5/c1-4-6-21(26-13-11-25(3)12-14-26)18(5-2)24-16-17-7-8-19-20(15-17)23-10-9-22-19/h4-10,15,24H,1,11-14,16H2,2-3H3/b18-5+,21-6+. The highest BCUT2D eigenvalue weighted by molar-refractivity contribution is 5.74. The van der Waals surface area contributed by atoms with Crippen LogP contribution in [0.1, 0.15) is 12.5 Å². The van der Waals surface area contributed by atoms with E-state index in [2.05, 4.69) is 69.9 Å². The minimum absolute atomic E-state index is 0.744. The van der Waals surface area contributed by atoms with E-state index in [1.54, 1.807) is 12.4 Å². The van der Waals surface area contributed by atoms with Crippen molar-refractivity contribution >= 4 is 11.0 Å². The number of benzene rings is 1. The van der Waals surface area contributed by atoms with Crippen LogP contribution in [0.2, 0.25) is 0 Å². The second-order valence-corrected chi connectivity index (χ2v) is 6.51. The summed E-state index contributed by atoms with van der Waals surface area (Å²) in [5.74, 6) is 0. The van der Waals surface area contributed by atoms with Crippen LogP contribution in [0.4, 0.5) is 0 Å². The fourth-order valence-electron chi connectivity index (χ4n) is 3.18. The number of hydrogen-bond acceptors (Lipinski definition) is 5. The summed E-state index contributed by atoms with van der Waals surface area (Å²) in [4.78, 5) is 13.5. The van der Waals surface area contributed by atoms with Gasteiger partial charge in [-0.1, -0.05) is 24.8 Å². The van der Waals surface area contributed by atoms with Gasteiger partial charge in [-0.3, -0.25) is 9.97 Å². The molecule has 1 aromatic carbocycles. The molecule has 2 aromatic rings. The summed E-state index contributed by atoms with van der Waals surface area (Å²) in [6.07, 6.45) is 9.55. The van der Waals surface area contributed by atoms with Crippen LogP contribution in [-0.4, -0.2) is 53.0 Å². The van der Waals surface area contributed by atoms with Crippen molar-refractivity contribution in [2.75, 3.05) is 33.2 Å². The van der Waals surface area contributed by atoms with Crippen molar-refractivity contribution in [2.45, 2.75) is 13.5 Å². The molecule has 1 aliphatic rings. The van der Waals surface area contributed by atoms with Crippen LogP contribution in [-0.2, 0) is 6.54 Å². The summed E-state index contributed by atoms with van der Waals surface area (Å²) in [6.45, 7) is 10.9. The van der Waals surface area contributed by atoms with Crippen molar-refractivity contribution in [3.05, 3.63) is 72.4 Å². The lowest BCUT2D eigenvalue weighted by Crippen LogP contribution is -2.44. The van der Waals surface area contributed by atoms with Crippen molar-refractivity contribution in [2.24, 2.45) is 0 Å². The largest absolute Gasteiger partial charge is 0.380 e. The van der Waals surface area contributed by atoms with E-state index >= 15 is 0 Å². The topological polar surface area (TPSA) is 44.3 Å². The molecule has 1 N–H and O–H groups in total. The second kappa shape index (κ2) is 8.63. The van der Waals surface area contributed by atoms with Crippen molar-refractivity contribution in [3.63, 3.8) is 0 Å². The molecule has 0 bridgehead atoms. The van der Waals surface area contributed by atoms with Crippen LogP contribution in [0.15, 0.2) is 66.8 Å². The quantitative estimate of drug-likeness (QED) is 0.813. The number of nitrogens with one attached hydrogen (secondary N) is 1. The van der Waals surface area contributed by atoms with Gasteiger partial charge in [0.1, 0.15) is 0 Å². The predicted molar refractivity (Wildman–Crippen MR) is 107 cm³/mol. The molecular formula is C21H27N5. The van der Waals surface area contributed by atoms with E-state index in [1.165, 1.54) is 11.3 Å². The molecule has 26 heavy (non-hydrogen) atoms. The number of aromatic nitrogens is 2. The fourth-order valence-corrected chi connectivity index (χ4v) is 3.18. The van der Waals surface area contributed by atoms with E-state index in [-0.39, 0.29) is 0 Å². The Morgan fingerprint density at radius 2 is 1.88 bits per heavy atom. The molecule has 0 unspecified atom stereocenters. The normalized spacial score (nSPS) is 16.8. The molecule has 0 spiro atoms. The monoisotopic (exact) mass is 349 g/mol. The first-order valence-electron chi connectivity index (χ1n) is 9.07. The van der Waals surface area contributed by atoms with Gasteiger partial charge in [-0.25, -0.2) is 0 Å². The van der Waals surface area contributed by atoms with E-state index < -0.39 is 0 Å². The molecule has 1 fully saturated rings. The molecule has 0 aliphatic carbocycles. The first-order chi connectivity index (χ1) is 12.7. The SMILES string of the molecule is C=C/C=C(\C(=C/C)NCc1ccc2nccnc2c1)N1CCN(C)CC1. The van der Waals surface area contributed by atoms with E-state index in [0.717, 1.165) is 49.5 Å². The van der Waals surface area contributed by atoms with Crippen LogP contribution >= 0.6 is 0 Å². The molecule has 5 nitrogen and oxygen atoms in total. The molecule has 1 aliphatic heterocycles. The molecule has 136 valence electrons. The summed E-state index contributed by atoms with van der Waals surface area (Å²) in [7, 11) is 2.17. The number of piperazine rings is 1. The number of hydrogen-bond donors (Lipinski definition) is 1. The lowest BCUT2D eigenvalue weighted by Gasteiger charge is -2.36. The lowest BCUT2D eigenvalue weighted by atomic mass is 10.1. The zero-order chi connectivity index (χ0) is 18.4. The van der Waals surface area contributed by atoms with Crippen molar-refractivity contribution in [1.82, 2.24) is 25.1 Å². The van der Waals surface area contributed by atoms with Crippen molar-refractivity contribution in [1.29, 1.82) is 0 Å². The number of rotatable bonds is 6. The van der Waals surface area contributed by atoms with Gasteiger partial charge in [0.05, 0.1) is 22.4 Å². The summed E-state index contributed by atoms with van der Waals surface area (Å²) in [5.41, 5.74) is 5.38. The number of fused-ring (bicyclic) bond motifs is 1. The second-order valence-electron chi connectivity index (χ2n) is 6.51. The lowest BCUT2D eigenvalue weighted by molar-refractivity contribution is 0.187. The first-order valence-corrected chi connectivity index (χ1v) is 9.07. The van der Waals surface area contributed by atoms with Gasteiger partial charge in [-0.05, 0) is 37.7 Å². The van der Waals surface area contributed by atoms with Gasteiger partial charge in [-0.15, -0.1) is 0 Å². The summed E-state index contributed by atoms with van der Waals surface area (Å²) >= 11 is 0. The Morgan fingerprint density at radius 1 is 1.15 bits per heavy atom. The maximum Gasteiger partial charge on any atom is 0.0890 e. The van der Waals surface area contributed by atoms with E-state index in [1.807, 2.05) is 12.1 Å². The Bertz CT molecular complexity index is 816. The molecule has 1 saturated heterocycles. The minimum Gasteiger partial charge on any atom is -0.380 e. The minimum atomic E-state index is 0.744. The first kappa shape index (κ1) is 18.1. The van der Waals surface area contributed by atoms with Crippen LogP contribution in [0, 0.1) is 0 Å². The van der Waals surface area contributed by atoms with Crippen LogP contribution < -0.4 is 5.32 Å². The average molecular weight is 349 g/mol. The molecule has 0 saturated carbocycles. The maximum absolute atomic E-state index is 4.39. The Kier molecular flexibility index (Phi) is 6.02. The molecule has 5 heteroatoms. The smallest absolute Gasteiger partial charge is 0.0890 e. The Balaban J connectivity index is 1.72. The van der Waals surface area contributed by atoms with Gasteiger partial charge in [0, 0.05) is 45.1 Å². The Morgan fingerprint density at radius 3 is 2.58 bits per heavy atom. The highest BCUT2D eigenvalue weighted by Gasteiger charge is 2.18. The third-order valence-corrected chi connectivity index (χ3v) is 4.70. The van der Waals surface area contributed by atoms with Gasteiger partial charge in [0.15, 0.2) is 0 Å². The van der Waals surface area contributed by atoms with Gasteiger partial charge >= 0.3 is 0 Å². The number of allylic oxidation sites excluding steroid dienone is 3. The van der Waals surface area contributed by atoms with Crippen LogP contribution in [0.5, 0.6) is 0 Å². The maximum atomic E-state index is 4.39. The number of likely N-dealkylation sites (N-methyl/N-ethyl adjacent to an activating group) is 1. The third-order valence-electron chi connectivity index (χ3n) is 4.70. The van der Waals surface area contributed by atoms with Crippen molar-refractivity contribution in [3.8, 4) is 0 Å². The predicted octanol–water partition coefficient (Wildman–Crippen LogP) is 2.94. The summed E-state index contributed by atoms with van der Waals surface area (Å²) in [5, 5.41) is 3.59. The number of nitrogens with zero attached hydrogens (tertiary/aromatic N) is 4. The average Bonchev–Trinajstić information content (AvgIpc) is 2.68. The van der Waals surface area contributed by atoms with Crippen LogP contribution in [0.3, 0.4) is 0 Å². The third kappa shape index (κ3) is 4.29. The molecule has 3 rings (SSSR count). The molecular weight excluding hydrogens is 322 g/mol. The highest BCUT2D eigenvalue weighted by atomic mass is 15.3. The van der Waals surface area contributed by atoms with E-state index in [4.69, 9.17) is 0 Å². The van der Waals surface area contributed by atoms with Gasteiger partial charge < -0.3 is 15.1 Å². The Hall–Kier alpha value is -2.66. The van der Waals surface area contributed by atoms with Crippen molar-refractivity contribution < 1.29 is 0 Å². The zero-order valence-corrected chi connectivity index (χ0v) is 15.7. The van der Waals surface area contributed by atoms with E-state index in [9.17, 15) is 0 Å². The Labute approximate surface area is 155 Å². The van der Waals surface area contributed by atoms with Gasteiger partial charge in [-0.2, -0.15) is 0 Å². The summed E-state index contributed by atoms with van der Waals surface area (Å²) in [6, 6.07) is 6.22. The van der Waals surface area contributed by atoms with Gasteiger partial charge in [0.25, 0.3) is 0 Å². The molecule has 0 atom stereocenters. The highest BCUT2D eigenvalue weighted by Crippen LogP contribution is 2.17. The summed E-state index contributed by atoms with van der Waals surface area (Å²) < 4.78 is 0. The zero-order valence-electron chi connectivity index (χ0n) is 15.7. The molecule has 0 radical (unpaired) electrons. The molecule has 0 amide bonds. The molecule has 2 heterocycles. The molecule has 1 aromatic heterocycles. The van der Waals surface area contributed by atoms with Gasteiger partial charge in [0.2, 0.25) is 0 Å².